The van der Waals surface area contributed by atoms with Crippen molar-refractivity contribution < 1.29 is 28.7 Å². The van der Waals surface area contributed by atoms with Crippen LogP contribution in [0.5, 0.6) is 5.75 Å². The zero-order valence-corrected chi connectivity index (χ0v) is 25.4. The quantitative estimate of drug-likeness (QED) is 0.205. The van der Waals surface area contributed by atoms with E-state index in [0.717, 1.165) is 21.9 Å². The molecule has 44 heavy (non-hydrogen) atoms. The maximum atomic E-state index is 14.4. The van der Waals surface area contributed by atoms with E-state index in [1.54, 1.807) is 43.3 Å². The van der Waals surface area contributed by atoms with E-state index in [0.29, 0.717) is 27.4 Å². The Morgan fingerprint density at radius 3 is 2.14 bits per heavy atom. The third-order valence-electron chi connectivity index (χ3n) is 9.53. The number of rotatable bonds is 3. The molecule has 0 bridgehead atoms. The molecule has 1 N–H and O–H groups in total. The second-order valence-corrected chi connectivity index (χ2v) is 13.5. The highest BCUT2D eigenvalue weighted by atomic mass is 35.5. The molecule has 3 fully saturated rings. The van der Waals surface area contributed by atoms with Crippen molar-refractivity contribution in [2.24, 2.45) is 17.8 Å². The lowest BCUT2D eigenvalue weighted by atomic mass is 9.56. The number of halogens is 4. The maximum absolute atomic E-state index is 14.4. The molecule has 6 atom stereocenters. The van der Waals surface area contributed by atoms with Crippen LogP contribution in [0.15, 0.2) is 78.4 Å². The normalized spacial score (nSPS) is 31.2. The summed E-state index contributed by atoms with van der Waals surface area (Å²) < 4.78 is 13.8. The largest absolute Gasteiger partial charge is 0.508 e. The van der Waals surface area contributed by atoms with Crippen LogP contribution in [0.4, 0.5) is 15.8 Å². The summed E-state index contributed by atoms with van der Waals surface area (Å²) in [6.07, 6.45) is 1.87. The molecule has 2 saturated heterocycles. The third kappa shape index (κ3) is 3.80. The van der Waals surface area contributed by atoms with Gasteiger partial charge in [0.25, 0.3) is 11.8 Å². The predicted molar refractivity (Wildman–Crippen MR) is 163 cm³/mol. The molecule has 0 radical (unpaired) electrons. The molecule has 4 amide bonds. The smallest absolute Gasteiger partial charge is 0.258 e. The minimum atomic E-state index is -2.04. The van der Waals surface area contributed by atoms with Crippen LogP contribution in [0.2, 0.25) is 5.02 Å². The molecule has 2 heterocycles. The summed E-state index contributed by atoms with van der Waals surface area (Å²) in [5, 5.41) is 10.7. The molecular weight excluding hydrogens is 630 g/mol. The number of nitrogens with zero attached hydrogens (tertiary/aromatic N) is 2. The molecule has 2 aliphatic carbocycles. The molecular formula is C33H24Cl3FN2O5. The average Bonchev–Trinajstić information content (AvgIpc) is 3.33. The zero-order chi connectivity index (χ0) is 31.3. The number of imide groups is 2. The third-order valence-corrected chi connectivity index (χ3v) is 11.2. The number of carbonyl (C=O) groups is 4. The summed E-state index contributed by atoms with van der Waals surface area (Å²) in [5.74, 6) is -6.19. The van der Waals surface area contributed by atoms with Crippen molar-refractivity contribution in [2.75, 3.05) is 9.80 Å². The van der Waals surface area contributed by atoms with Gasteiger partial charge in [-0.25, -0.2) is 9.29 Å². The van der Waals surface area contributed by atoms with Gasteiger partial charge < -0.3 is 5.11 Å². The van der Waals surface area contributed by atoms with Gasteiger partial charge >= 0.3 is 0 Å². The van der Waals surface area contributed by atoms with Crippen LogP contribution < -0.4 is 9.80 Å². The van der Waals surface area contributed by atoms with E-state index in [-0.39, 0.29) is 30.2 Å². The van der Waals surface area contributed by atoms with Gasteiger partial charge in [0.1, 0.15) is 11.6 Å². The Hall–Kier alpha value is -3.72. The SMILES string of the molecule is Cc1cc(C2C3=CCC4C(=O)N(c5ccc(Cl)cc5)C(=O)C4C3CC3(Cl)C(=O)N(c4ccc(F)cc4)C(=O)C23Cl)ccc1O. The van der Waals surface area contributed by atoms with Crippen molar-refractivity contribution in [1.29, 1.82) is 0 Å². The molecule has 224 valence electrons. The summed E-state index contributed by atoms with van der Waals surface area (Å²) in [4.78, 5) is 54.4. The van der Waals surface area contributed by atoms with Crippen LogP contribution in [0, 0.1) is 30.5 Å². The number of aromatic hydroxyl groups is 1. The van der Waals surface area contributed by atoms with E-state index in [9.17, 15) is 28.7 Å². The van der Waals surface area contributed by atoms with Crippen LogP contribution in [0.1, 0.15) is 29.9 Å². The number of anilines is 2. The van der Waals surface area contributed by atoms with Gasteiger partial charge in [0.15, 0.2) is 9.75 Å². The Kier molecular flexibility index (Phi) is 6.52. The Balaban J connectivity index is 1.40. The number of hydrogen-bond acceptors (Lipinski definition) is 5. The van der Waals surface area contributed by atoms with Gasteiger partial charge in [0.2, 0.25) is 11.8 Å². The fourth-order valence-electron chi connectivity index (χ4n) is 7.48. The number of fused-ring (bicyclic) bond motifs is 4. The topological polar surface area (TPSA) is 95.0 Å². The van der Waals surface area contributed by atoms with E-state index in [4.69, 9.17) is 34.8 Å². The first kappa shape index (κ1) is 29.0. The molecule has 1 saturated carbocycles. The van der Waals surface area contributed by atoms with Gasteiger partial charge in [-0.05, 0) is 91.4 Å². The highest BCUT2D eigenvalue weighted by molar-refractivity contribution is 6.58. The van der Waals surface area contributed by atoms with Crippen molar-refractivity contribution in [3.63, 3.8) is 0 Å². The summed E-state index contributed by atoms with van der Waals surface area (Å²) in [6, 6.07) is 16.0. The van der Waals surface area contributed by atoms with Gasteiger partial charge in [0, 0.05) is 10.9 Å². The van der Waals surface area contributed by atoms with Crippen LogP contribution in [-0.4, -0.2) is 38.5 Å². The lowest BCUT2D eigenvalue weighted by Gasteiger charge is -2.50. The van der Waals surface area contributed by atoms with E-state index < -0.39 is 57.0 Å². The first-order valence-corrected chi connectivity index (χ1v) is 15.2. The Labute approximate surface area is 266 Å². The van der Waals surface area contributed by atoms with Gasteiger partial charge in [-0.15, -0.1) is 23.2 Å². The summed E-state index contributed by atoms with van der Waals surface area (Å²) in [7, 11) is 0. The fraction of sp³-hybridized carbons (Fsp3) is 0.273. The molecule has 0 spiro atoms. The van der Waals surface area contributed by atoms with Gasteiger partial charge in [-0.3, -0.25) is 24.1 Å². The Morgan fingerprint density at radius 1 is 0.841 bits per heavy atom. The lowest BCUT2D eigenvalue weighted by molar-refractivity contribution is -0.125. The monoisotopic (exact) mass is 652 g/mol. The second kappa shape index (κ2) is 9.89. The summed E-state index contributed by atoms with van der Waals surface area (Å²) in [5.41, 5.74) is 2.13. The second-order valence-electron chi connectivity index (χ2n) is 11.8. The first-order chi connectivity index (χ1) is 20.9. The molecule has 3 aromatic carbocycles. The van der Waals surface area contributed by atoms with Crippen LogP contribution in [0.25, 0.3) is 0 Å². The Morgan fingerprint density at radius 2 is 1.48 bits per heavy atom. The van der Waals surface area contributed by atoms with Gasteiger partial charge in [-0.1, -0.05) is 35.4 Å². The number of aryl methyl sites for hydroxylation is 1. The number of hydrogen-bond donors (Lipinski definition) is 1. The molecule has 7 rings (SSSR count). The van der Waals surface area contributed by atoms with Crippen molar-refractivity contribution >= 4 is 69.8 Å². The van der Waals surface area contributed by atoms with Gasteiger partial charge in [-0.2, -0.15) is 0 Å². The number of amides is 4. The minimum absolute atomic E-state index is 0.0245. The van der Waals surface area contributed by atoms with Gasteiger partial charge in [0.05, 0.1) is 23.2 Å². The van der Waals surface area contributed by atoms with E-state index in [1.165, 1.54) is 18.2 Å². The Bertz CT molecular complexity index is 1810. The summed E-state index contributed by atoms with van der Waals surface area (Å²) >= 11 is 20.7. The van der Waals surface area contributed by atoms with Crippen LogP contribution in [0.3, 0.4) is 0 Å². The van der Waals surface area contributed by atoms with E-state index in [1.807, 2.05) is 6.08 Å². The van der Waals surface area contributed by atoms with Crippen LogP contribution in [-0.2, 0) is 19.2 Å². The van der Waals surface area contributed by atoms with Crippen molar-refractivity contribution in [3.05, 3.63) is 100 Å². The summed E-state index contributed by atoms with van der Waals surface area (Å²) in [6.45, 7) is 1.69. The standard InChI is InChI=1S/C33H24Cl3FN2O5/c1-16-14-17(2-13-25(16)40)27-22-11-12-23-26(29(42)38(28(23)41)20-7-3-18(34)4-8-20)24(22)15-32(35)30(43)39(31(44)33(27,32)36)21-9-5-19(37)6-10-21/h2-11,13-14,23-24,26-27,40H,12,15H2,1H3. The molecule has 11 heteroatoms. The first-order valence-electron chi connectivity index (χ1n) is 14.0. The predicted octanol–water partition coefficient (Wildman–Crippen LogP) is 6.26. The van der Waals surface area contributed by atoms with Crippen LogP contribution >= 0.6 is 34.8 Å². The number of allylic oxidation sites excluding steroid dienone is 2. The molecule has 4 aliphatic rings. The molecule has 7 nitrogen and oxygen atoms in total. The number of phenolic OH excluding ortho intramolecular Hbond substituents is 1. The minimum Gasteiger partial charge on any atom is -0.508 e. The highest BCUT2D eigenvalue weighted by Crippen LogP contribution is 2.66. The number of benzene rings is 3. The van der Waals surface area contributed by atoms with Crippen molar-refractivity contribution in [2.45, 2.75) is 35.4 Å². The number of phenols is 1. The lowest BCUT2D eigenvalue weighted by Crippen LogP contribution is -2.60. The average molecular weight is 654 g/mol. The van der Waals surface area contributed by atoms with E-state index >= 15 is 0 Å². The highest BCUT2D eigenvalue weighted by Gasteiger charge is 2.76. The fourth-order valence-corrected chi connectivity index (χ4v) is 8.54. The van der Waals surface area contributed by atoms with Crippen molar-refractivity contribution in [3.8, 4) is 5.75 Å². The van der Waals surface area contributed by atoms with E-state index in [2.05, 4.69) is 0 Å². The molecule has 3 aromatic rings. The number of carbonyl (C=O) groups excluding carboxylic acids is 4. The molecule has 0 aromatic heterocycles. The molecule has 6 unspecified atom stereocenters. The number of alkyl halides is 2. The molecule has 2 aliphatic heterocycles. The maximum Gasteiger partial charge on any atom is 0.258 e. The van der Waals surface area contributed by atoms with Crippen molar-refractivity contribution in [1.82, 2.24) is 0 Å². The zero-order valence-electron chi connectivity index (χ0n) is 23.1.